The van der Waals surface area contributed by atoms with Crippen molar-refractivity contribution in [1.29, 1.82) is 0 Å². The summed E-state index contributed by atoms with van der Waals surface area (Å²) in [4.78, 5) is 34.1. The van der Waals surface area contributed by atoms with Crippen LogP contribution in [-0.4, -0.2) is 22.9 Å². The zero-order valence-electron chi connectivity index (χ0n) is 25.2. The second-order valence-corrected chi connectivity index (χ2v) is 13.2. The fourth-order valence-electron chi connectivity index (χ4n) is 5.38. The van der Waals surface area contributed by atoms with E-state index in [4.69, 9.17) is 26.1 Å². The number of fused-ring (bicyclic) bond motifs is 2. The van der Waals surface area contributed by atoms with Crippen LogP contribution < -0.4 is 19.6 Å². The third kappa shape index (κ3) is 6.36. The number of thiazole rings is 1. The molecule has 1 aliphatic rings. The van der Waals surface area contributed by atoms with Gasteiger partial charge in [0.05, 0.1) is 27.9 Å². The third-order valence-corrected chi connectivity index (χ3v) is 9.51. The van der Waals surface area contributed by atoms with E-state index in [1.54, 1.807) is 23.3 Å². The van der Waals surface area contributed by atoms with E-state index in [0.29, 0.717) is 38.0 Å². The van der Waals surface area contributed by atoms with Crippen LogP contribution in [0.25, 0.3) is 16.8 Å². The zero-order valence-corrected chi connectivity index (χ0v) is 27.6. The van der Waals surface area contributed by atoms with E-state index in [1.165, 1.54) is 11.3 Å². The molecule has 0 aliphatic carbocycles. The molecule has 6 nitrogen and oxygen atoms in total. The van der Waals surface area contributed by atoms with Gasteiger partial charge in [0.15, 0.2) is 4.80 Å². The van der Waals surface area contributed by atoms with Gasteiger partial charge in [0.2, 0.25) is 0 Å². The number of hydrogen-bond acceptors (Lipinski definition) is 7. The first kappa shape index (κ1) is 30.9. The molecule has 4 aromatic carbocycles. The lowest BCUT2D eigenvalue weighted by molar-refractivity contribution is -0.143. The highest BCUT2D eigenvalue weighted by atomic mass is 35.5. The number of hydrogen-bond donors (Lipinski definition) is 0. The monoisotopic (exact) mass is 654 g/mol. The number of halogens is 1. The van der Waals surface area contributed by atoms with Gasteiger partial charge in [-0.25, -0.2) is 9.79 Å². The third-order valence-electron chi connectivity index (χ3n) is 7.53. The Labute approximate surface area is 274 Å². The van der Waals surface area contributed by atoms with E-state index in [-0.39, 0.29) is 11.7 Å². The van der Waals surface area contributed by atoms with Crippen molar-refractivity contribution in [3.8, 4) is 5.75 Å². The van der Waals surface area contributed by atoms with Crippen LogP contribution in [-0.2, 0) is 16.1 Å². The molecule has 1 aliphatic heterocycles. The maximum Gasteiger partial charge on any atom is 0.338 e. The van der Waals surface area contributed by atoms with Crippen molar-refractivity contribution in [3.05, 3.63) is 138 Å². The van der Waals surface area contributed by atoms with Crippen LogP contribution in [0.1, 0.15) is 43.5 Å². The van der Waals surface area contributed by atoms with E-state index < -0.39 is 12.0 Å². The Kier molecular flexibility index (Phi) is 8.99. The standard InChI is InChI=1S/C36H31ClN2O4S2/c1-21(2)43-35(41)32-22(3)38-36-39(33(32)25-11-16-27(44-4)17-12-25)34(40)31(45-36)19-29-28-8-6-5-7-24(28)13-18-30(29)42-20-23-9-14-26(37)15-10-23/h5-19,21,33H,20H2,1-4H3/b31-19-/t33-/m0/s1. The molecule has 2 heterocycles. The molecule has 1 atom stereocenters. The average Bonchev–Trinajstić information content (AvgIpc) is 3.34. The van der Waals surface area contributed by atoms with E-state index in [9.17, 15) is 9.59 Å². The first-order valence-electron chi connectivity index (χ1n) is 14.5. The minimum Gasteiger partial charge on any atom is -0.488 e. The van der Waals surface area contributed by atoms with Gasteiger partial charge < -0.3 is 9.47 Å². The quantitative estimate of drug-likeness (QED) is 0.130. The van der Waals surface area contributed by atoms with Crippen molar-refractivity contribution in [2.75, 3.05) is 6.26 Å². The minimum absolute atomic E-state index is 0.239. The highest BCUT2D eigenvalue weighted by Gasteiger charge is 2.33. The van der Waals surface area contributed by atoms with Crippen molar-refractivity contribution < 1.29 is 14.3 Å². The molecule has 0 bridgehead atoms. The molecule has 5 aromatic rings. The van der Waals surface area contributed by atoms with Crippen LogP contribution in [0.4, 0.5) is 0 Å². The topological polar surface area (TPSA) is 69.9 Å². The lowest BCUT2D eigenvalue weighted by atomic mass is 9.96. The molecule has 1 aromatic heterocycles. The molecule has 6 rings (SSSR count). The summed E-state index contributed by atoms with van der Waals surface area (Å²) in [6, 6.07) is 26.7. The molecule has 0 radical (unpaired) electrons. The summed E-state index contributed by atoms with van der Waals surface area (Å²) in [5.74, 6) is 0.169. The molecule has 0 saturated heterocycles. The number of aromatic nitrogens is 1. The SMILES string of the molecule is CSc1ccc([C@H]2C(C(=O)OC(C)C)=C(C)N=c3s/c(=C\c4c(OCc5ccc(Cl)cc5)ccc5ccccc45)c(=O)n32)cc1. The minimum atomic E-state index is -0.682. The van der Waals surface area contributed by atoms with Crippen molar-refractivity contribution in [2.24, 2.45) is 4.99 Å². The van der Waals surface area contributed by atoms with E-state index >= 15 is 0 Å². The number of carbonyl (C=O) groups excluding carboxylic acids is 1. The largest absolute Gasteiger partial charge is 0.488 e. The fraction of sp³-hybridized carbons (Fsp3) is 0.194. The molecule has 0 saturated carbocycles. The van der Waals surface area contributed by atoms with Gasteiger partial charge in [0.1, 0.15) is 12.4 Å². The van der Waals surface area contributed by atoms with Crippen molar-refractivity contribution in [2.45, 2.75) is 44.4 Å². The molecule has 0 unspecified atom stereocenters. The highest BCUT2D eigenvalue weighted by Crippen LogP contribution is 2.33. The Bertz CT molecular complexity index is 2110. The average molecular weight is 655 g/mol. The number of nitrogens with zero attached hydrogens (tertiary/aromatic N) is 2. The molecule has 0 spiro atoms. The van der Waals surface area contributed by atoms with E-state index in [2.05, 4.69) is 0 Å². The Morgan fingerprint density at radius 2 is 1.78 bits per heavy atom. The summed E-state index contributed by atoms with van der Waals surface area (Å²) in [5.41, 5.74) is 3.23. The molecule has 0 amide bonds. The van der Waals surface area contributed by atoms with Crippen molar-refractivity contribution in [3.63, 3.8) is 0 Å². The Morgan fingerprint density at radius 3 is 2.49 bits per heavy atom. The smallest absolute Gasteiger partial charge is 0.338 e. The van der Waals surface area contributed by atoms with Gasteiger partial charge in [0, 0.05) is 15.5 Å². The van der Waals surface area contributed by atoms with Gasteiger partial charge in [-0.05, 0) is 85.3 Å². The van der Waals surface area contributed by atoms with Crippen molar-refractivity contribution >= 4 is 57.5 Å². The summed E-state index contributed by atoms with van der Waals surface area (Å²) in [7, 11) is 0. The Morgan fingerprint density at radius 1 is 1.04 bits per heavy atom. The number of thioether (sulfide) groups is 1. The lowest BCUT2D eigenvalue weighted by Gasteiger charge is -2.25. The molecular formula is C36H31ClN2O4S2. The first-order chi connectivity index (χ1) is 21.7. The maximum atomic E-state index is 14.3. The Hall–Kier alpha value is -4.11. The van der Waals surface area contributed by atoms with Crippen LogP contribution >= 0.6 is 34.7 Å². The normalized spacial score (nSPS) is 14.9. The van der Waals surface area contributed by atoms with Crippen LogP contribution in [0.3, 0.4) is 0 Å². The first-order valence-corrected chi connectivity index (χ1v) is 16.9. The summed E-state index contributed by atoms with van der Waals surface area (Å²) < 4.78 is 14.1. The summed E-state index contributed by atoms with van der Waals surface area (Å²) in [6.45, 7) is 5.75. The van der Waals surface area contributed by atoms with E-state index in [1.807, 2.05) is 111 Å². The van der Waals surface area contributed by atoms with Gasteiger partial charge in [-0.1, -0.05) is 77.5 Å². The number of carbonyl (C=O) groups is 1. The summed E-state index contributed by atoms with van der Waals surface area (Å²) in [5, 5.41) is 2.64. The van der Waals surface area contributed by atoms with Crippen LogP contribution in [0, 0.1) is 0 Å². The second-order valence-electron chi connectivity index (χ2n) is 10.9. The van der Waals surface area contributed by atoms with Crippen LogP contribution in [0.2, 0.25) is 5.02 Å². The molecule has 0 N–H and O–H groups in total. The number of benzene rings is 4. The predicted octanol–water partition coefficient (Wildman–Crippen LogP) is 7.29. The second kappa shape index (κ2) is 13.1. The molecule has 0 fully saturated rings. The molecule has 9 heteroatoms. The van der Waals surface area contributed by atoms with Crippen molar-refractivity contribution in [1.82, 2.24) is 4.57 Å². The fourth-order valence-corrected chi connectivity index (χ4v) is 6.95. The maximum absolute atomic E-state index is 14.3. The van der Waals surface area contributed by atoms with Gasteiger partial charge in [0.25, 0.3) is 5.56 Å². The lowest BCUT2D eigenvalue weighted by Crippen LogP contribution is -2.40. The summed E-state index contributed by atoms with van der Waals surface area (Å²) in [6.07, 6.45) is 3.57. The Balaban J connectivity index is 1.51. The number of rotatable bonds is 8. The zero-order chi connectivity index (χ0) is 31.7. The van der Waals surface area contributed by atoms with Gasteiger partial charge in [-0.2, -0.15) is 0 Å². The van der Waals surface area contributed by atoms with Crippen LogP contribution in [0.5, 0.6) is 5.75 Å². The van der Waals surface area contributed by atoms with Crippen LogP contribution in [0.15, 0.2) is 111 Å². The molecular weight excluding hydrogens is 624 g/mol. The number of allylic oxidation sites excluding steroid dienone is 1. The number of ether oxygens (including phenoxy) is 2. The molecule has 228 valence electrons. The van der Waals surface area contributed by atoms with Gasteiger partial charge >= 0.3 is 5.97 Å². The predicted molar refractivity (Wildman–Crippen MR) is 183 cm³/mol. The van der Waals surface area contributed by atoms with E-state index in [0.717, 1.165) is 32.4 Å². The molecule has 45 heavy (non-hydrogen) atoms. The van der Waals surface area contributed by atoms with Gasteiger partial charge in [-0.15, -0.1) is 11.8 Å². The van der Waals surface area contributed by atoms with Gasteiger partial charge in [-0.3, -0.25) is 9.36 Å². The summed E-state index contributed by atoms with van der Waals surface area (Å²) >= 11 is 9.00. The highest BCUT2D eigenvalue weighted by molar-refractivity contribution is 7.98. The number of esters is 1.